The topological polar surface area (TPSA) is 80.5 Å². The van der Waals surface area contributed by atoms with Crippen LogP contribution in [0.25, 0.3) is 0 Å². The zero-order valence-electron chi connectivity index (χ0n) is 13.0. The summed E-state index contributed by atoms with van der Waals surface area (Å²) < 4.78 is 10.8. The van der Waals surface area contributed by atoms with Gasteiger partial charge in [-0.3, -0.25) is 0 Å². The molecule has 1 N–H and O–H groups in total. The number of hydrogen-bond donors (Lipinski definition) is 1. The average Bonchev–Trinajstić information content (AvgIpc) is 2.84. The fourth-order valence-corrected chi connectivity index (χ4v) is 2.36. The van der Waals surface area contributed by atoms with E-state index < -0.39 is 0 Å². The van der Waals surface area contributed by atoms with Crippen molar-refractivity contribution < 1.29 is 14.1 Å². The van der Waals surface area contributed by atoms with E-state index in [4.69, 9.17) is 9.26 Å². The van der Waals surface area contributed by atoms with Gasteiger partial charge in [0.25, 0.3) is 0 Å². The van der Waals surface area contributed by atoms with E-state index in [0.29, 0.717) is 31.3 Å². The van der Waals surface area contributed by atoms with Crippen LogP contribution in [0.1, 0.15) is 38.4 Å². The third-order valence-corrected chi connectivity index (χ3v) is 3.33. The number of likely N-dealkylation sites (tertiary alicyclic amines) is 1. The zero-order chi connectivity index (χ0) is 15.2. The van der Waals surface area contributed by atoms with Crippen molar-refractivity contribution >= 4 is 6.03 Å². The summed E-state index contributed by atoms with van der Waals surface area (Å²) >= 11 is 0. The summed E-state index contributed by atoms with van der Waals surface area (Å²) in [5, 5.41) is 6.75. The van der Waals surface area contributed by atoms with Crippen molar-refractivity contribution in [2.24, 2.45) is 0 Å². The lowest BCUT2D eigenvalue weighted by atomic mass is 10.1. The molecule has 1 atom stereocenters. The molecule has 118 valence electrons. The number of piperidine rings is 1. The van der Waals surface area contributed by atoms with Crippen LogP contribution in [-0.4, -0.2) is 52.9 Å². The van der Waals surface area contributed by atoms with Crippen LogP contribution >= 0.6 is 0 Å². The van der Waals surface area contributed by atoms with Gasteiger partial charge in [0.05, 0.1) is 12.7 Å². The predicted molar refractivity (Wildman–Crippen MR) is 77.0 cm³/mol. The normalized spacial score (nSPS) is 19.0. The maximum Gasteiger partial charge on any atom is 0.317 e. The number of ether oxygens (including phenoxy) is 1. The summed E-state index contributed by atoms with van der Waals surface area (Å²) in [7, 11) is 0. The lowest BCUT2D eigenvalue weighted by Gasteiger charge is -2.33. The molecule has 1 aliphatic heterocycles. The number of urea groups is 1. The molecule has 0 aromatic carbocycles. The van der Waals surface area contributed by atoms with Gasteiger partial charge in [0, 0.05) is 32.5 Å². The number of aryl methyl sites for hydroxylation is 1. The molecule has 2 rings (SSSR count). The molecule has 0 aliphatic carbocycles. The third kappa shape index (κ3) is 5.00. The van der Waals surface area contributed by atoms with E-state index in [9.17, 15) is 4.79 Å². The summed E-state index contributed by atoms with van der Waals surface area (Å²) in [4.78, 5) is 17.9. The van der Waals surface area contributed by atoms with Crippen molar-refractivity contribution in [3.05, 3.63) is 11.7 Å². The highest BCUT2D eigenvalue weighted by molar-refractivity contribution is 5.74. The van der Waals surface area contributed by atoms with Crippen molar-refractivity contribution in [1.29, 1.82) is 0 Å². The molecular formula is C14H24N4O3. The van der Waals surface area contributed by atoms with Gasteiger partial charge in [0.2, 0.25) is 5.89 Å². The number of hydrogen-bond acceptors (Lipinski definition) is 5. The minimum atomic E-state index is -0.00732. The van der Waals surface area contributed by atoms with Crippen LogP contribution in [0.5, 0.6) is 0 Å². The maximum absolute atomic E-state index is 12.0. The number of nitrogens with zero attached hydrogens (tertiary/aromatic N) is 3. The van der Waals surface area contributed by atoms with E-state index in [1.807, 2.05) is 18.7 Å². The monoisotopic (exact) mass is 296 g/mol. The van der Waals surface area contributed by atoms with Gasteiger partial charge in [0.1, 0.15) is 0 Å². The van der Waals surface area contributed by atoms with E-state index in [0.717, 1.165) is 19.4 Å². The Balaban J connectivity index is 1.72. The first-order chi connectivity index (χ1) is 10.0. The average molecular weight is 296 g/mol. The van der Waals surface area contributed by atoms with Crippen LogP contribution in [-0.2, 0) is 11.2 Å². The first-order valence-electron chi connectivity index (χ1n) is 7.51. The smallest absolute Gasteiger partial charge is 0.317 e. The maximum atomic E-state index is 12.0. The molecule has 2 heterocycles. The lowest BCUT2D eigenvalue weighted by molar-refractivity contribution is 0.0103. The molecule has 21 heavy (non-hydrogen) atoms. The third-order valence-electron chi connectivity index (χ3n) is 3.33. The molecule has 1 aromatic rings. The number of aromatic nitrogens is 2. The highest BCUT2D eigenvalue weighted by atomic mass is 16.5. The predicted octanol–water partition coefficient (Wildman–Crippen LogP) is 1.52. The molecule has 1 aromatic heterocycles. The van der Waals surface area contributed by atoms with E-state index in [1.54, 1.807) is 6.92 Å². The standard InChI is InChI=1S/C14H24N4O3/c1-10(2)15-14(19)18-7-4-5-12(9-18)20-8-6-13-16-11(3)21-17-13/h10,12H,4-9H2,1-3H3,(H,15,19). The highest BCUT2D eigenvalue weighted by Crippen LogP contribution is 2.14. The summed E-state index contributed by atoms with van der Waals surface area (Å²) in [6.45, 7) is 7.67. The summed E-state index contributed by atoms with van der Waals surface area (Å²) in [5.74, 6) is 1.23. The van der Waals surface area contributed by atoms with Crippen molar-refractivity contribution in [3.63, 3.8) is 0 Å². The SMILES string of the molecule is Cc1nc(CCOC2CCCN(C(=O)NC(C)C)C2)no1. The minimum absolute atomic E-state index is 0.00732. The number of amides is 2. The Morgan fingerprint density at radius 3 is 3.05 bits per heavy atom. The Kier molecular flexibility index (Phi) is 5.55. The van der Waals surface area contributed by atoms with E-state index >= 15 is 0 Å². The summed E-state index contributed by atoms with van der Waals surface area (Å²) in [6, 6.07) is 0.146. The van der Waals surface area contributed by atoms with Gasteiger partial charge in [-0.2, -0.15) is 4.98 Å². The van der Waals surface area contributed by atoms with Gasteiger partial charge in [0.15, 0.2) is 5.82 Å². The second kappa shape index (κ2) is 7.40. The molecular weight excluding hydrogens is 272 g/mol. The number of carbonyl (C=O) groups excluding carboxylic acids is 1. The zero-order valence-corrected chi connectivity index (χ0v) is 13.0. The molecule has 7 heteroatoms. The minimum Gasteiger partial charge on any atom is -0.376 e. The van der Waals surface area contributed by atoms with Crippen LogP contribution < -0.4 is 5.32 Å². The number of nitrogens with one attached hydrogen (secondary N) is 1. The second-order valence-corrected chi connectivity index (χ2v) is 5.66. The van der Waals surface area contributed by atoms with Crippen LogP contribution in [0.2, 0.25) is 0 Å². The van der Waals surface area contributed by atoms with Crippen molar-refractivity contribution in [2.75, 3.05) is 19.7 Å². The van der Waals surface area contributed by atoms with Gasteiger partial charge in [-0.05, 0) is 26.7 Å². The molecule has 2 amide bonds. The van der Waals surface area contributed by atoms with Crippen LogP contribution in [0, 0.1) is 6.92 Å². The fourth-order valence-electron chi connectivity index (χ4n) is 2.36. The molecule has 1 fully saturated rings. The Labute approximate surface area is 125 Å². The molecule has 0 spiro atoms. The Morgan fingerprint density at radius 1 is 1.57 bits per heavy atom. The van der Waals surface area contributed by atoms with Gasteiger partial charge in [-0.1, -0.05) is 5.16 Å². The Bertz CT molecular complexity index is 461. The van der Waals surface area contributed by atoms with Gasteiger partial charge in [-0.25, -0.2) is 4.79 Å². The summed E-state index contributed by atoms with van der Waals surface area (Å²) in [6.07, 6.45) is 2.67. The van der Waals surface area contributed by atoms with Gasteiger partial charge in [-0.15, -0.1) is 0 Å². The first-order valence-corrected chi connectivity index (χ1v) is 7.51. The first kappa shape index (κ1) is 15.8. The largest absolute Gasteiger partial charge is 0.376 e. The highest BCUT2D eigenvalue weighted by Gasteiger charge is 2.24. The summed E-state index contributed by atoms with van der Waals surface area (Å²) in [5.41, 5.74) is 0. The van der Waals surface area contributed by atoms with Gasteiger partial charge < -0.3 is 19.5 Å². The Morgan fingerprint density at radius 2 is 2.38 bits per heavy atom. The fraction of sp³-hybridized carbons (Fsp3) is 0.786. The molecule has 1 aliphatic rings. The molecule has 0 saturated carbocycles. The van der Waals surface area contributed by atoms with Crippen molar-refractivity contribution in [1.82, 2.24) is 20.4 Å². The molecule has 1 saturated heterocycles. The van der Waals surface area contributed by atoms with Crippen LogP contribution in [0.3, 0.4) is 0 Å². The lowest BCUT2D eigenvalue weighted by Crippen LogP contribution is -2.49. The second-order valence-electron chi connectivity index (χ2n) is 5.66. The molecule has 0 radical (unpaired) electrons. The molecule has 7 nitrogen and oxygen atoms in total. The van der Waals surface area contributed by atoms with E-state index in [2.05, 4.69) is 15.5 Å². The number of rotatable bonds is 5. The van der Waals surface area contributed by atoms with Crippen LogP contribution in [0.4, 0.5) is 4.79 Å². The van der Waals surface area contributed by atoms with E-state index in [-0.39, 0.29) is 18.2 Å². The molecule has 1 unspecified atom stereocenters. The van der Waals surface area contributed by atoms with Crippen LogP contribution in [0.15, 0.2) is 4.52 Å². The quantitative estimate of drug-likeness (QED) is 0.891. The number of carbonyl (C=O) groups is 1. The van der Waals surface area contributed by atoms with E-state index in [1.165, 1.54) is 0 Å². The van der Waals surface area contributed by atoms with Crippen molar-refractivity contribution in [3.8, 4) is 0 Å². The van der Waals surface area contributed by atoms with Gasteiger partial charge >= 0.3 is 6.03 Å². The Hall–Kier alpha value is -1.63. The van der Waals surface area contributed by atoms with Crippen molar-refractivity contribution in [2.45, 2.75) is 52.2 Å². The molecule has 0 bridgehead atoms.